The van der Waals surface area contributed by atoms with E-state index >= 15 is 0 Å². The average Bonchev–Trinajstić information content (AvgIpc) is 3.53. The van der Waals surface area contributed by atoms with Crippen molar-refractivity contribution in [2.75, 3.05) is 4.90 Å². The van der Waals surface area contributed by atoms with E-state index < -0.39 is 0 Å². The van der Waals surface area contributed by atoms with Gasteiger partial charge in [-0.15, -0.1) is 0 Å². The summed E-state index contributed by atoms with van der Waals surface area (Å²) in [6, 6.07) is 40.6. The van der Waals surface area contributed by atoms with Gasteiger partial charge in [0.1, 0.15) is 0 Å². The molecular formula is C42H34N2. The summed E-state index contributed by atoms with van der Waals surface area (Å²) in [6.07, 6.45) is 14.9. The lowest BCUT2D eigenvalue weighted by molar-refractivity contribution is 0.542. The molecule has 0 N–H and O–H groups in total. The lowest BCUT2D eigenvalue weighted by Gasteiger charge is -2.39. The molecule has 2 heterocycles. The van der Waals surface area contributed by atoms with Gasteiger partial charge in [0.15, 0.2) is 0 Å². The first-order valence-corrected chi connectivity index (χ1v) is 15.8. The molecule has 3 atom stereocenters. The molecule has 2 nitrogen and oxygen atoms in total. The Morgan fingerprint density at radius 2 is 1.39 bits per heavy atom. The summed E-state index contributed by atoms with van der Waals surface area (Å²) in [4.78, 5) is 2.57. The third kappa shape index (κ3) is 3.61. The molecule has 6 aromatic rings. The highest BCUT2D eigenvalue weighted by atomic mass is 15.2. The number of hydrogen-bond acceptors (Lipinski definition) is 1. The molecule has 2 aliphatic carbocycles. The highest BCUT2D eigenvalue weighted by molar-refractivity contribution is 6.09. The SMILES string of the molecule is CC1CC=Cc2cc(N3c4ccc(-c5ccc(-n6c7ccccc7c7ccccc76)cc5)cc4C4C=CC=CC43C)ccc21. The molecule has 0 fully saturated rings. The minimum Gasteiger partial charge on any atom is -0.331 e. The Morgan fingerprint density at radius 1 is 0.682 bits per heavy atom. The van der Waals surface area contributed by atoms with Crippen LogP contribution in [0.15, 0.2) is 140 Å². The fourth-order valence-electron chi connectivity index (χ4n) is 8.04. The Morgan fingerprint density at radius 3 is 2.16 bits per heavy atom. The molecule has 0 saturated carbocycles. The summed E-state index contributed by atoms with van der Waals surface area (Å²) in [5, 5.41) is 2.58. The maximum absolute atomic E-state index is 2.57. The van der Waals surface area contributed by atoms with Crippen LogP contribution in [-0.2, 0) is 0 Å². The van der Waals surface area contributed by atoms with Gasteiger partial charge in [-0.25, -0.2) is 0 Å². The van der Waals surface area contributed by atoms with Crippen molar-refractivity contribution >= 4 is 39.3 Å². The smallest absolute Gasteiger partial charge is 0.0712 e. The number of allylic oxidation sites excluding steroid dienone is 3. The summed E-state index contributed by atoms with van der Waals surface area (Å²) in [5.41, 5.74) is 12.7. The van der Waals surface area contributed by atoms with Crippen LogP contribution < -0.4 is 4.90 Å². The number of fused-ring (bicyclic) bond motifs is 7. The van der Waals surface area contributed by atoms with Gasteiger partial charge < -0.3 is 9.47 Å². The van der Waals surface area contributed by atoms with Gasteiger partial charge in [-0.2, -0.15) is 0 Å². The number of aromatic nitrogens is 1. The zero-order valence-corrected chi connectivity index (χ0v) is 25.1. The van der Waals surface area contributed by atoms with Crippen molar-refractivity contribution in [2.24, 2.45) is 0 Å². The first-order valence-electron chi connectivity index (χ1n) is 15.8. The third-order valence-corrected chi connectivity index (χ3v) is 10.2. The number of benzene rings is 5. The summed E-state index contributed by atoms with van der Waals surface area (Å²) in [5.74, 6) is 0.851. The molecule has 9 rings (SSSR count). The molecule has 2 heteroatoms. The summed E-state index contributed by atoms with van der Waals surface area (Å²) in [6.45, 7) is 4.71. The van der Waals surface area contributed by atoms with Gasteiger partial charge in [0.2, 0.25) is 0 Å². The van der Waals surface area contributed by atoms with Gasteiger partial charge in [0, 0.05) is 33.8 Å². The van der Waals surface area contributed by atoms with Gasteiger partial charge in [-0.1, -0.05) is 104 Å². The van der Waals surface area contributed by atoms with E-state index in [0.717, 1.165) is 6.42 Å². The van der Waals surface area contributed by atoms with E-state index in [0.29, 0.717) is 5.92 Å². The zero-order valence-electron chi connectivity index (χ0n) is 25.1. The first-order chi connectivity index (χ1) is 21.6. The van der Waals surface area contributed by atoms with Crippen LogP contribution in [0.4, 0.5) is 11.4 Å². The van der Waals surface area contributed by atoms with E-state index in [-0.39, 0.29) is 11.5 Å². The monoisotopic (exact) mass is 566 g/mol. The van der Waals surface area contributed by atoms with E-state index in [1.54, 1.807) is 0 Å². The van der Waals surface area contributed by atoms with E-state index in [9.17, 15) is 0 Å². The van der Waals surface area contributed by atoms with Crippen molar-refractivity contribution in [1.82, 2.24) is 4.57 Å². The average molecular weight is 567 g/mol. The normalized spacial score (nSPS) is 21.5. The molecule has 1 aromatic heterocycles. The largest absolute Gasteiger partial charge is 0.331 e. The minimum absolute atomic E-state index is 0.158. The predicted molar refractivity (Wildman–Crippen MR) is 186 cm³/mol. The highest BCUT2D eigenvalue weighted by Crippen LogP contribution is 2.55. The van der Waals surface area contributed by atoms with Crippen LogP contribution >= 0.6 is 0 Å². The van der Waals surface area contributed by atoms with Crippen LogP contribution in [0.2, 0.25) is 0 Å². The standard InChI is InChI=1S/C42H34N2/c1-28-10-9-11-31-26-33(22-23-34(28)31)44-41-24-19-30(27-37(41)38-14-7-8-25-42(38,44)2)29-17-20-32(21-18-29)43-39-15-5-3-12-35(39)36-13-4-6-16-40(36)43/h3-9,11-28,38H,10H2,1-2H3. The predicted octanol–water partition coefficient (Wildman–Crippen LogP) is 11.1. The number of para-hydroxylation sites is 2. The second kappa shape index (κ2) is 9.46. The number of hydrogen-bond donors (Lipinski definition) is 0. The molecule has 0 bridgehead atoms. The van der Waals surface area contributed by atoms with E-state index in [1.807, 2.05) is 0 Å². The zero-order chi connectivity index (χ0) is 29.4. The molecule has 0 spiro atoms. The van der Waals surface area contributed by atoms with Gasteiger partial charge in [0.05, 0.1) is 16.6 Å². The van der Waals surface area contributed by atoms with E-state index in [1.165, 1.54) is 66.7 Å². The lowest BCUT2D eigenvalue weighted by Crippen LogP contribution is -2.42. The second-order valence-electron chi connectivity index (χ2n) is 12.8. The van der Waals surface area contributed by atoms with Crippen molar-refractivity contribution < 1.29 is 0 Å². The Bertz CT molecular complexity index is 2140. The Kier molecular flexibility index (Phi) is 5.47. The quantitative estimate of drug-likeness (QED) is 0.207. The fraction of sp³-hybridized carbons (Fsp3) is 0.143. The molecule has 3 unspecified atom stereocenters. The molecule has 0 radical (unpaired) electrons. The summed E-state index contributed by atoms with van der Waals surface area (Å²) < 4.78 is 2.38. The van der Waals surface area contributed by atoms with E-state index in [2.05, 4.69) is 169 Å². The van der Waals surface area contributed by atoms with Crippen molar-refractivity contribution in [1.29, 1.82) is 0 Å². The second-order valence-corrected chi connectivity index (χ2v) is 12.8. The summed E-state index contributed by atoms with van der Waals surface area (Å²) >= 11 is 0. The Balaban J connectivity index is 1.13. The van der Waals surface area contributed by atoms with Crippen LogP contribution in [0.1, 0.15) is 48.8 Å². The van der Waals surface area contributed by atoms with E-state index in [4.69, 9.17) is 0 Å². The maximum atomic E-state index is 2.57. The van der Waals surface area contributed by atoms with Crippen LogP contribution in [0.5, 0.6) is 0 Å². The van der Waals surface area contributed by atoms with Crippen molar-refractivity contribution in [3.05, 3.63) is 156 Å². The first kappa shape index (κ1) is 25.4. The van der Waals surface area contributed by atoms with Crippen molar-refractivity contribution in [3.8, 4) is 16.8 Å². The lowest BCUT2D eigenvalue weighted by atomic mass is 9.80. The van der Waals surface area contributed by atoms with Crippen LogP contribution in [0.25, 0.3) is 44.7 Å². The molecule has 0 amide bonds. The molecule has 3 aliphatic rings. The molecule has 44 heavy (non-hydrogen) atoms. The number of nitrogens with zero attached hydrogens (tertiary/aromatic N) is 2. The third-order valence-electron chi connectivity index (χ3n) is 10.2. The Hall–Kier alpha value is -5.08. The van der Waals surface area contributed by atoms with Gasteiger partial charge in [-0.3, -0.25) is 0 Å². The molecule has 5 aromatic carbocycles. The molecule has 212 valence electrons. The van der Waals surface area contributed by atoms with Crippen LogP contribution in [-0.4, -0.2) is 10.1 Å². The topological polar surface area (TPSA) is 8.17 Å². The fourth-order valence-corrected chi connectivity index (χ4v) is 8.04. The molecule has 1 aliphatic heterocycles. The highest BCUT2D eigenvalue weighted by Gasteiger charge is 2.47. The molecular weight excluding hydrogens is 532 g/mol. The van der Waals surface area contributed by atoms with Crippen LogP contribution in [0, 0.1) is 0 Å². The van der Waals surface area contributed by atoms with Crippen molar-refractivity contribution in [2.45, 2.75) is 37.6 Å². The van der Waals surface area contributed by atoms with Gasteiger partial charge in [0.25, 0.3) is 0 Å². The maximum Gasteiger partial charge on any atom is 0.0712 e. The molecule has 0 saturated heterocycles. The Labute approximate surface area is 258 Å². The number of rotatable bonds is 3. The van der Waals surface area contributed by atoms with Crippen molar-refractivity contribution in [3.63, 3.8) is 0 Å². The van der Waals surface area contributed by atoms with Gasteiger partial charge in [-0.05, 0) is 95.6 Å². The number of anilines is 2. The van der Waals surface area contributed by atoms with Gasteiger partial charge >= 0.3 is 0 Å². The van der Waals surface area contributed by atoms with Crippen LogP contribution in [0.3, 0.4) is 0 Å². The summed E-state index contributed by atoms with van der Waals surface area (Å²) in [7, 11) is 0. The minimum atomic E-state index is -0.158.